The summed E-state index contributed by atoms with van der Waals surface area (Å²) < 4.78 is 24.6. The predicted molar refractivity (Wildman–Crippen MR) is 82.1 cm³/mol. The first kappa shape index (κ1) is 16.0. The Morgan fingerprint density at radius 3 is 2.62 bits per heavy atom. The molecule has 116 valence electrons. The van der Waals surface area contributed by atoms with Crippen molar-refractivity contribution < 1.29 is 13.2 Å². The Hall–Kier alpha value is -1.40. The summed E-state index contributed by atoms with van der Waals surface area (Å²) in [6.07, 6.45) is 2.66. The van der Waals surface area contributed by atoms with Gasteiger partial charge in [0, 0.05) is 13.1 Å². The molecule has 0 unspecified atom stereocenters. The van der Waals surface area contributed by atoms with E-state index in [4.69, 9.17) is 0 Å². The van der Waals surface area contributed by atoms with Crippen LogP contribution in [0.1, 0.15) is 31.4 Å². The first-order valence-corrected chi connectivity index (χ1v) is 9.03. The lowest BCUT2D eigenvalue weighted by Gasteiger charge is -2.30. The number of piperidine rings is 1. The smallest absolute Gasteiger partial charge is 0.224 e. The van der Waals surface area contributed by atoms with Gasteiger partial charge in [-0.25, -0.2) is 12.7 Å². The Bertz CT molecular complexity index is 586. The van der Waals surface area contributed by atoms with Gasteiger partial charge in [-0.2, -0.15) is 0 Å². The number of nitrogens with zero attached hydrogens (tertiary/aromatic N) is 1. The normalized spacial score (nSPS) is 21.7. The maximum Gasteiger partial charge on any atom is 0.224 e. The van der Waals surface area contributed by atoms with E-state index in [0.29, 0.717) is 6.54 Å². The first-order valence-electron chi connectivity index (χ1n) is 7.18. The monoisotopic (exact) mass is 310 g/mol. The molecule has 0 aliphatic carbocycles. The van der Waals surface area contributed by atoms with Crippen LogP contribution in [0.15, 0.2) is 30.3 Å². The summed E-state index contributed by atoms with van der Waals surface area (Å²) in [5, 5.41) is 2.98. The second-order valence-electron chi connectivity index (χ2n) is 5.60. The zero-order valence-corrected chi connectivity index (χ0v) is 13.3. The van der Waals surface area contributed by atoms with Gasteiger partial charge in [-0.3, -0.25) is 4.79 Å². The van der Waals surface area contributed by atoms with Crippen LogP contribution in [0.25, 0.3) is 0 Å². The van der Waals surface area contributed by atoms with E-state index in [1.54, 1.807) is 0 Å². The average Bonchev–Trinajstić information content (AvgIpc) is 2.47. The van der Waals surface area contributed by atoms with E-state index in [1.807, 2.05) is 37.3 Å². The van der Waals surface area contributed by atoms with Crippen molar-refractivity contribution in [2.24, 2.45) is 5.92 Å². The van der Waals surface area contributed by atoms with Gasteiger partial charge in [0.1, 0.15) is 0 Å². The van der Waals surface area contributed by atoms with Crippen LogP contribution in [0.4, 0.5) is 0 Å². The number of carbonyl (C=O) groups is 1. The highest BCUT2D eigenvalue weighted by molar-refractivity contribution is 7.88. The molecule has 1 heterocycles. The molecule has 2 atom stereocenters. The van der Waals surface area contributed by atoms with Crippen LogP contribution in [0.5, 0.6) is 0 Å². The minimum atomic E-state index is -3.22. The molecule has 1 aromatic rings. The Morgan fingerprint density at radius 2 is 2.00 bits per heavy atom. The topological polar surface area (TPSA) is 66.5 Å². The van der Waals surface area contributed by atoms with Gasteiger partial charge in [-0.1, -0.05) is 30.3 Å². The fourth-order valence-corrected chi connectivity index (χ4v) is 3.53. The summed E-state index contributed by atoms with van der Waals surface area (Å²) in [6, 6.07) is 9.66. The molecular weight excluding hydrogens is 288 g/mol. The van der Waals surface area contributed by atoms with Crippen LogP contribution in [0, 0.1) is 5.92 Å². The van der Waals surface area contributed by atoms with E-state index < -0.39 is 10.0 Å². The molecule has 0 spiro atoms. The molecular formula is C15H22N2O3S. The molecule has 5 nitrogen and oxygen atoms in total. The van der Waals surface area contributed by atoms with E-state index in [9.17, 15) is 13.2 Å². The number of rotatable bonds is 4. The third-order valence-corrected chi connectivity index (χ3v) is 5.15. The van der Waals surface area contributed by atoms with Crippen molar-refractivity contribution in [2.75, 3.05) is 19.3 Å². The van der Waals surface area contributed by atoms with Gasteiger partial charge in [-0.05, 0) is 25.3 Å². The Balaban J connectivity index is 1.97. The van der Waals surface area contributed by atoms with Crippen molar-refractivity contribution in [3.8, 4) is 0 Å². The molecule has 1 fully saturated rings. The zero-order chi connectivity index (χ0) is 15.5. The average molecular weight is 310 g/mol. The van der Waals surface area contributed by atoms with Crippen LogP contribution < -0.4 is 5.32 Å². The molecule has 1 aliphatic rings. The third-order valence-electron chi connectivity index (χ3n) is 3.88. The standard InChI is InChI=1S/C15H22N2O3S/c1-12(13-7-4-3-5-8-13)16-15(18)14-9-6-10-17(11-14)21(2,19)20/h3-5,7-8,12,14H,6,9-11H2,1-2H3,(H,16,18)/t12-,14-/m1/s1. The number of carbonyl (C=O) groups excluding carboxylic acids is 1. The lowest BCUT2D eigenvalue weighted by Crippen LogP contribution is -2.45. The van der Waals surface area contributed by atoms with Crippen molar-refractivity contribution >= 4 is 15.9 Å². The van der Waals surface area contributed by atoms with Crippen LogP contribution in [0.3, 0.4) is 0 Å². The van der Waals surface area contributed by atoms with Gasteiger partial charge in [0.15, 0.2) is 0 Å². The van der Waals surface area contributed by atoms with Crippen molar-refractivity contribution in [2.45, 2.75) is 25.8 Å². The van der Waals surface area contributed by atoms with E-state index in [0.717, 1.165) is 18.4 Å². The van der Waals surface area contributed by atoms with Crippen LogP contribution in [0.2, 0.25) is 0 Å². The Kier molecular flexibility index (Phi) is 5.00. The SMILES string of the molecule is C[C@@H](NC(=O)[C@@H]1CCCN(S(C)(=O)=O)C1)c1ccccc1. The van der Waals surface area contributed by atoms with Gasteiger partial charge >= 0.3 is 0 Å². The highest BCUT2D eigenvalue weighted by Gasteiger charge is 2.30. The summed E-state index contributed by atoms with van der Waals surface area (Å²) in [7, 11) is -3.22. The minimum Gasteiger partial charge on any atom is -0.349 e. The summed E-state index contributed by atoms with van der Waals surface area (Å²) >= 11 is 0. The van der Waals surface area contributed by atoms with Crippen LogP contribution in [-0.2, 0) is 14.8 Å². The molecule has 1 amide bonds. The molecule has 2 rings (SSSR count). The second-order valence-corrected chi connectivity index (χ2v) is 7.58. The molecule has 1 N–H and O–H groups in total. The quantitative estimate of drug-likeness (QED) is 0.917. The summed E-state index contributed by atoms with van der Waals surface area (Å²) in [5.41, 5.74) is 1.04. The number of hydrogen-bond acceptors (Lipinski definition) is 3. The molecule has 0 aromatic heterocycles. The molecule has 6 heteroatoms. The van der Waals surface area contributed by atoms with Crippen molar-refractivity contribution in [3.05, 3.63) is 35.9 Å². The number of benzene rings is 1. The van der Waals surface area contributed by atoms with E-state index >= 15 is 0 Å². The molecule has 1 aliphatic heterocycles. The largest absolute Gasteiger partial charge is 0.349 e. The van der Waals surface area contributed by atoms with E-state index in [1.165, 1.54) is 10.6 Å². The highest BCUT2D eigenvalue weighted by atomic mass is 32.2. The molecule has 0 saturated carbocycles. The Labute approximate surface area is 126 Å². The maximum absolute atomic E-state index is 12.3. The number of amides is 1. The van der Waals surface area contributed by atoms with Crippen LogP contribution >= 0.6 is 0 Å². The van der Waals surface area contributed by atoms with Crippen LogP contribution in [-0.4, -0.2) is 38.0 Å². The summed E-state index contributed by atoms with van der Waals surface area (Å²) in [6.45, 7) is 2.73. The van der Waals surface area contributed by atoms with E-state index in [2.05, 4.69) is 5.32 Å². The zero-order valence-electron chi connectivity index (χ0n) is 12.5. The molecule has 0 radical (unpaired) electrons. The van der Waals surface area contributed by atoms with Crippen molar-refractivity contribution in [3.63, 3.8) is 0 Å². The summed E-state index contributed by atoms with van der Waals surface area (Å²) in [5.74, 6) is -0.334. The fourth-order valence-electron chi connectivity index (χ4n) is 2.61. The molecule has 21 heavy (non-hydrogen) atoms. The number of nitrogens with one attached hydrogen (secondary N) is 1. The molecule has 0 bridgehead atoms. The number of sulfonamides is 1. The van der Waals surface area contributed by atoms with Crippen molar-refractivity contribution in [1.29, 1.82) is 0 Å². The number of hydrogen-bond donors (Lipinski definition) is 1. The maximum atomic E-state index is 12.3. The lowest BCUT2D eigenvalue weighted by molar-refractivity contribution is -0.126. The van der Waals surface area contributed by atoms with Gasteiger partial charge < -0.3 is 5.32 Å². The van der Waals surface area contributed by atoms with Crippen molar-refractivity contribution in [1.82, 2.24) is 9.62 Å². The molecule has 1 aromatic carbocycles. The molecule has 1 saturated heterocycles. The van der Waals surface area contributed by atoms with Gasteiger partial charge in [0.2, 0.25) is 15.9 Å². The third kappa shape index (κ3) is 4.28. The van der Waals surface area contributed by atoms with Gasteiger partial charge in [0.25, 0.3) is 0 Å². The first-order chi connectivity index (χ1) is 9.88. The van der Waals surface area contributed by atoms with Gasteiger partial charge in [-0.15, -0.1) is 0 Å². The lowest BCUT2D eigenvalue weighted by atomic mass is 9.98. The van der Waals surface area contributed by atoms with Gasteiger partial charge in [0.05, 0.1) is 18.2 Å². The minimum absolute atomic E-state index is 0.0697. The second kappa shape index (κ2) is 6.58. The fraction of sp³-hybridized carbons (Fsp3) is 0.533. The summed E-state index contributed by atoms with van der Waals surface area (Å²) in [4.78, 5) is 12.3. The van der Waals surface area contributed by atoms with E-state index in [-0.39, 0.29) is 24.4 Å². The highest BCUT2D eigenvalue weighted by Crippen LogP contribution is 2.20. The predicted octanol–water partition coefficient (Wildman–Crippen LogP) is 1.54. The Morgan fingerprint density at radius 1 is 1.33 bits per heavy atom.